The zero-order valence-electron chi connectivity index (χ0n) is 18.5. The van der Waals surface area contributed by atoms with Gasteiger partial charge in [0.2, 0.25) is 0 Å². The molecule has 2 aromatic rings. The Bertz CT molecular complexity index is 886. The van der Waals surface area contributed by atoms with Gasteiger partial charge in [0.25, 0.3) is 5.91 Å². The number of nitrogens with zero attached hydrogens (tertiary/aromatic N) is 2. The molecule has 6 nitrogen and oxygen atoms in total. The highest BCUT2D eigenvalue weighted by Gasteiger charge is 2.22. The Hall–Kier alpha value is -2.99. The van der Waals surface area contributed by atoms with Gasteiger partial charge in [-0.3, -0.25) is 9.69 Å². The molecule has 0 radical (unpaired) electrons. The van der Waals surface area contributed by atoms with Crippen molar-refractivity contribution in [3.63, 3.8) is 0 Å². The highest BCUT2D eigenvalue weighted by Crippen LogP contribution is 2.29. The molecular weight excluding hydrogens is 386 g/mol. The third-order valence-corrected chi connectivity index (χ3v) is 5.57. The third kappa shape index (κ3) is 7.03. The summed E-state index contributed by atoms with van der Waals surface area (Å²) in [6, 6.07) is 18.4. The zero-order valence-corrected chi connectivity index (χ0v) is 18.5. The fraction of sp³-hybridized carbons (Fsp3) is 0.400. The van der Waals surface area contributed by atoms with Crippen LogP contribution < -0.4 is 10.6 Å². The van der Waals surface area contributed by atoms with E-state index in [-0.39, 0.29) is 11.9 Å². The summed E-state index contributed by atoms with van der Waals surface area (Å²) < 4.78 is 0. The van der Waals surface area contributed by atoms with Crippen LogP contribution in [0.5, 0.6) is 0 Å². The van der Waals surface area contributed by atoms with Crippen LogP contribution in [0.3, 0.4) is 0 Å². The van der Waals surface area contributed by atoms with Gasteiger partial charge < -0.3 is 10.6 Å². The second kappa shape index (κ2) is 11.4. The molecule has 1 fully saturated rings. The van der Waals surface area contributed by atoms with Gasteiger partial charge in [0.1, 0.15) is 0 Å². The van der Waals surface area contributed by atoms with Crippen molar-refractivity contribution in [1.82, 2.24) is 15.5 Å². The predicted molar refractivity (Wildman–Crippen MR) is 124 cm³/mol. The molecule has 0 spiro atoms. The van der Waals surface area contributed by atoms with Gasteiger partial charge in [-0.25, -0.2) is 5.53 Å². The average molecular weight is 420 g/mol. The van der Waals surface area contributed by atoms with Crippen molar-refractivity contribution >= 4 is 5.91 Å². The van der Waals surface area contributed by atoms with Crippen molar-refractivity contribution in [3.8, 4) is 0 Å². The largest absolute Gasteiger partial charge is 0.385 e. The van der Waals surface area contributed by atoms with Crippen molar-refractivity contribution in [3.05, 3.63) is 83.2 Å². The van der Waals surface area contributed by atoms with Crippen LogP contribution in [0.1, 0.15) is 54.1 Å². The van der Waals surface area contributed by atoms with Crippen LogP contribution >= 0.6 is 0 Å². The lowest BCUT2D eigenvalue weighted by atomic mass is 9.88. The van der Waals surface area contributed by atoms with Gasteiger partial charge in [0.05, 0.1) is 5.70 Å². The summed E-state index contributed by atoms with van der Waals surface area (Å²) in [4.78, 5) is 14.7. The monoisotopic (exact) mass is 419 g/mol. The molecule has 164 valence electrons. The molecule has 3 rings (SSSR count). The van der Waals surface area contributed by atoms with E-state index in [4.69, 9.17) is 5.53 Å². The lowest BCUT2D eigenvalue weighted by molar-refractivity contribution is 0.0943. The second-order valence-electron chi connectivity index (χ2n) is 8.42. The fourth-order valence-electron chi connectivity index (χ4n) is 3.93. The van der Waals surface area contributed by atoms with Gasteiger partial charge in [0.15, 0.2) is 0 Å². The standard InChI is InChI=1S/C25H33N5O/c1-19(2)28-25(31)23-10-6-9-22(15-23)21-11-13-30(14-12-21)18-24(29-26)17-27-16-20-7-4-3-5-8-20/h3-10,15,17,19,21,26-27H,11-14,16,18H2,1-2H3,(H,28,31)/b24-17-,29-26?. The molecule has 1 saturated heterocycles. The van der Waals surface area contributed by atoms with Crippen molar-refractivity contribution in [2.45, 2.75) is 45.2 Å². The number of hydrogen-bond acceptors (Lipinski definition) is 5. The summed E-state index contributed by atoms with van der Waals surface area (Å²) in [6.45, 7) is 7.26. The number of likely N-dealkylation sites (tertiary alicyclic amines) is 1. The molecule has 6 heteroatoms. The quantitative estimate of drug-likeness (QED) is 0.517. The molecule has 1 heterocycles. The van der Waals surface area contributed by atoms with Gasteiger partial charge >= 0.3 is 0 Å². The van der Waals surface area contributed by atoms with E-state index in [0.29, 0.717) is 12.5 Å². The molecule has 0 aromatic heterocycles. The minimum Gasteiger partial charge on any atom is -0.385 e. The van der Waals surface area contributed by atoms with E-state index in [9.17, 15) is 4.79 Å². The van der Waals surface area contributed by atoms with Crippen LogP contribution in [0.2, 0.25) is 0 Å². The van der Waals surface area contributed by atoms with Crippen molar-refractivity contribution in [2.75, 3.05) is 19.6 Å². The molecule has 1 aliphatic heterocycles. The maximum Gasteiger partial charge on any atom is 0.251 e. The van der Waals surface area contributed by atoms with Crippen LogP contribution in [0.4, 0.5) is 0 Å². The number of rotatable bonds is 9. The Morgan fingerprint density at radius 1 is 1.16 bits per heavy atom. The average Bonchev–Trinajstić information content (AvgIpc) is 2.79. The first-order valence-corrected chi connectivity index (χ1v) is 11.0. The van der Waals surface area contributed by atoms with Gasteiger partial charge in [-0.1, -0.05) is 42.5 Å². The van der Waals surface area contributed by atoms with Crippen LogP contribution in [0.25, 0.3) is 0 Å². The first kappa shape index (κ1) is 22.7. The number of amides is 1. The lowest BCUT2D eigenvalue weighted by Gasteiger charge is -2.32. The molecule has 0 saturated carbocycles. The Morgan fingerprint density at radius 2 is 1.90 bits per heavy atom. The summed E-state index contributed by atoms with van der Waals surface area (Å²) in [6.07, 6.45) is 3.93. The van der Waals surface area contributed by atoms with Gasteiger partial charge in [-0.15, -0.1) is 0 Å². The van der Waals surface area contributed by atoms with Crippen LogP contribution in [0, 0.1) is 5.53 Å². The molecule has 0 aliphatic carbocycles. The topological polar surface area (TPSA) is 80.6 Å². The molecule has 31 heavy (non-hydrogen) atoms. The normalized spacial score (nSPS) is 15.6. The Balaban J connectivity index is 1.50. The van der Waals surface area contributed by atoms with Gasteiger partial charge in [-0.05, 0) is 69.0 Å². The second-order valence-corrected chi connectivity index (χ2v) is 8.42. The molecule has 0 atom stereocenters. The van der Waals surface area contributed by atoms with E-state index >= 15 is 0 Å². The molecular formula is C25H33N5O. The molecule has 3 N–H and O–H groups in total. The number of piperidine rings is 1. The van der Waals surface area contributed by atoms with E-state index in [1.165, 1.54) is 11.1 Å². The third-order valence-electron chi connectivity index (χ3n) is 5.57. The van der Waals surface area contributed by atoms with Crippen molar-refractivity contribution in [2.24, 2.45) is 5.11 Å². The summed E-state index contributed by atoms with van der Waals surface area (Å²) >= 11 is 0. The fourth-order valence-corrected chi connectivity index (χ4v) is 3.93. The molecule has 0 unspecified atom stereocenters. The molecule has 2 aromatic carbocycles. The van der Waals surface area contributed by atoms with Crippen molar-refractivity contribution < 1.29 is 4.79 Å². The maximum atomic E-state index is 12.3. The Kier molecular flexibility index (Phi) is 8.35. The first-order chi connectivity index (χ1) is 15.0. The van der Waals surface area contributed by atoms with Gasteiger partial charge in [-0.2, -0.15) is 5.11 Å². The lowest BCUT2D eigenvalue weighted by Crippen LogP contribution is -2.34. The predicted octanol–water partition coefficient (Wildman–Crippen LogP) is 4.67. The summed E-state index contributed by atoms with van der Waals surface area (Å²) in [5.74, 6) is 0.448. The van der Waals surface area contributed by atoms with E-state index in [0.717, 1.165) is 43.7 Å². The highest BCUT2D eigenvalue weighted by molar-refractivity contribution is 5.94. The van der Waals surface area contributed by atoms with Gasteiger partial charge in [0, 0.05) is 30.9 Å². The van der Waals surface area contributed by atoms with Crippen LogP contribution in [-0.2, 0) is 6.54 Å². The number of carbonyl (C=O) groups is 1. The van der Waals surface area contributed by atoms with E-state index in [1.807, 2.05) is 56.4 Å². The summed E-state index contributed by atoms with van der Waals surface area (Å²) in [7, 11) is 0. The van der Waals surface area contributed by atoms with Crippen molar-refractivity contribution in [1.29, 1.82) is 5.53 Å². The van der Waals surface area contributed by atoms with E-state index < -0.39 is 0 Å². The smallest absolute Gasteiger partial charge is 0.251 e. The highest BCUT2D eigenvalue weighted by atomic mass is 16.1. The summed E-state index contributed by atoms with van der Waals surface area (Å²) in [5, 5.41) is 9.94. The number of nitrogens with one attached hydrogen (secondary N) is 3. The van der Waals surface area contributed by atoms with E-state index in [1.54, 1.807) is 0 Å². The number of hydrogen-bond donors (Lipinski definition) is 3. The molecule has 1 aliphatic rings. The SMILES string of the molecule is CC(C)NC(=O)c1cccc(C2CCN(C/C(=C/NCc3ccccc3)N=N)CC2)c1. The van der Waals surface area contributed by atoms with E-state index in [2.05, 4.69) is 38.8 Å². The maximum absolute atomic E-state index is 12.3. The summed E-state index contributed by atoms with van der Waals surface area (Å²) in [5.41, 5.74) is 11.4. The number of benzene rings is 2. The van der Waals surface area contributed by atoms with Crippen LogP contribution in [-0.4, -0.2) is 36.5 Å². The zero-order chi connectivity index (χ0) is 22.1. The Morgan fingerprint density at radius 3 is 2.58 bits per heavy atom. The molecule has 1 amide bonds. The van der Waals surface area contributed by atoms with Crippen LogP contribution in [0.15, 0.2) is 71.6 Å². The number of carbonyl (C=O) groups excluding carboxylic acids is 1. The minimum absolute atomic E-state index is 0.0101. The Labute approximate surface area is 185 Å². The minimum atomic E-state index is -0.0101. The first-order valence-electron chi connectivity index (χ1n) is 11.0. The molecule has 0 bridgehead atoms.